The standard InChI is InChI=1S/C29H25F3N4O3/c30-29(31,32)22-11-14-27(34-18-22)38-25-12-9-21(10-13-25)26-20-35(19-23-6-4-5-15-33-23)16-17-36(26)28(37)39-24-7-2-1-3-8-24/h1-15,18,26H,16-17,19-20H2. The molecular formula is C29H25F3N4O3. The summed E-state index contributed by atoms with van der Waals surface area (Å²) in [5.41, 5.74) is 0.947. The SMILES string of the molecule is O=C(Oc1ccccc1)N1CCN(Cc2ccccn2)CC1c1ccc(Oc2ccc(C(F)(F)F)cn2)cc1. The molecule has 2 aromatic heterocycles. The lowest BCUT2D eigenvalue weighted by atomic mass is 10.0. The van der Waals surface area contributed by atoms with Crippen LogP contribution in [-0.4, -0.2) is 45.5 Å². The molecule has 0 spiro atoms. The van der Waals surface area contributed by atoms with Crippen LogP contribution in [0, 0.1) is 0 Å². The second-order valence-corrected chi connectivity index (χ2v) is 9.00. The van der Waals surface area contributed by atoms with Crippen molar-refractivity contribution in [3.05, 3.63) is 114 Å². The second kappa shape index (κ2) is 11.5. The number of aromatic nitrogens is 2. The van der Waals surface area contributed by atoms with Crippen LogP contribution in [0.4, 0.5) is 18.0 Å². The van der Waals surface area contributed by atoms with E-state index in [1.165, 1.54) is 6.07 Å². The number of nitrogens with zero attached hydrogens (tertiary/aromatic N) is 4. The van der Waals surface area contributed by atoms with E-state index in [0.29, 0.717) is 37.7 Å². The number of ether oxygens (including phenoxy) is 2. The van der Waals surface area contributed by atoms with Gasteiger partial charge in [-0.25, -0.2) is 9.78 Å². The zero-order valence-corrected chi connectivity index (χ0v) is 20.8. The normalized spacial score (nSPS) is 16.1. The van der Waals surface area contributed by atoms with Gasteiger partial charge in [-0.15, -0.1) is 0 Å². The molecule has 5 rings (SSSR count). The predicted octanol–water partition coefficient (Wildman–Crippen LogP) is 6.35. The summed E-state index contributed by atoms with van der Waals surface area (Å²) in [6.45, 7) is 2.30. The number of benzene rings is 2. The molecule has 1 amide bonds. The summed E-state index contributed by atoms with van der Waals surface area (Å²) in [6.07, 6.45) is -2.42. The molecule has 7 nitrogen and oxygen atoms in total. The molecule has 1 aliphatic heterocycles. The Kier molecular flexibility index (Phi) is 7.74. The molecular weight excluding hydrogens is 509 g/mol. The number of alkyl halides is 3. The largest absolute Gasteiger partial charge is 0.439 e. The molecule has 0 bridgehead atoms. The van der Waals surface area contributed by atoms with Crippen molar-refractivity contribution < 1.29 is 27.4 Å². The van der Waals surface area contributed by atoms with Crippen LogP contribution >= 0.6 is 0 Å². The van der Waals surface area contributed by atoms with Gasteiger partial charge in [0.25, 0.3) is 0 Å². The van der Waals surface area contributed by atoms with E-state index in [0.717, 1.165) is 23.5 Å². The first kappa shape index (κ1) is 26.2. The maximum absolute atomic E-state index is 13.2. The van der Waals surface area contributed by atoms with Gasteiger partial charge in [0.05, 0.1) is 17.3 Å². The fourth-order valence-electron chi connectivity index (χ4n) is 4.34. The highest BCUT2D eigenvalue weighted by molar-refractivity contribution is 5.71. The maximum Gasteiger partial charge on any atom is 0.417 e. The van der Waals surface area contributed by atoms with Gasteiger partial charge in [0, 0.05) is 44.6 Å². The molecule has 4 aromatic rings. The summed E-state index contributed by atoms with van der Waals surface area (Å²) in [5.74, 6) is 0.915. The summed E-state index contributed by atoms with van der Waals surface area (Å²) in [4.78, 5) is 25.3. The van der Waals surface area contributed by atoms with Crippen LogP contribution in [0.5, 0.6) is 17.4 Å². The van der Waals surface area contributed by atoms with Gasteiger partial charge in [-0.3, -0.25) is 14.8 Å². The molecule has 200 valence electrons. The number of pyridine rings is 2. The van der Waals surface area contributed by atoms with E-state index >= 15 is 0 Å². The van der Waals surface area contributed by atoms with Gasteiger partial charge in [0.1, 0.15) is 11.5 Å². The first-order chi connectivity index (χ1) is 18.8. The van der Waals surface area contributed by atoms with Crippen molar-refractivity contribution >= 4 is 6.09 Å². The lowest BCUT2D eigenvalue weighted by Crippen LogP contribution is -2.51. The van der Waals surface area contributed by atoms with Crippen molar-refractivity contribution in [3.63, 3.8) is 0 Å². The van der Waals surface area contributed by atoms with Crippen LogP contribution in [0.15, 0.2) is 97.3 Å². The number of carbonyl (C=O) groups is 1. The number of carbonyl (C=O) groups excluding carboxylic acids is 1. The number of halogens is 3. The smallest absolute Gasteiger partial charge is 0.417 e. The fourth-order valence-corrected chi connectivity index (χ4v) is 4.34. The average Bonchev–Trinajstić information content (AvgIpc) is 2.94. The van der Waals surface area contributed by atoms with Crippen LogP contribution in [0.25, 0.3) is 0 Å². The minimum atomic E-state index is -4.47. The summed E-state index contributed by atoms with van der Waals surface area (Å²) in [5, 5.41) is 0. The number of hydrogen-bond acceptors (Lipinski definition) is 6. The van der Waals surface area contributed by atoms with Gasteiger partial charge in [-0.05, 0) is 48.0 Å². The third kappa shape index (κ3) is 6.71. The molecule has 1 saturated heterocycles. The third-order valence-electron chi connectivity index (χ3n) is 6.31. The highest BCUT2D eigenvalue weighted by Crippen LogP contribution is 2.32. The molecule has 1 unspecified atom stereocenters. The zero-order chi connectivity index (χ0) is 27.2. The molecule has 1 fully saturated rings. The number of amides is 1. The Hall–Kier alpha value is -4.44. The predicted molar refractivity (Wildman–Crippen MR) is 137 cm³/mol. The van der Waals surface area contributed by atoms with Crippen LogP contribution in [-0.2, 0) is 12.7 Å². The maximum atomic E-state index is 13.2. The molecule has 2 aromatic carbocycles. The van der Waals surface area contributed by atoms with Gasteiger partial charge in [-0.1, -0.05) is 36.4 Å². The summed E-state index contributed by atoms with van der Waals surface area (Å²) < 4.78 is 49.7. The average molecular weight is 535 g/mol. The van der Waals surface area contributed by atoms with Crippen molar-refractivity contribution in [2.24, 2.45) is 0 Å². The lowest BCUT2D eigenvalue weighted by molar-refractivity contribution is -0.137. The Bertz CT molecular complexity index is 1370. The number of rotatable bonds is 6. The Balaban J connectivity index is 1.33. The minimum Gasteiger partial charge on any atom is -0.439 e. The Labute approximate surface area is 223 Å². The minimum absolute atomic E-state index is 0.0445. The molecule has 39 heavy (non-hydrogen) atoms. The summed E-state index contributed by atoms with van der Waals surface area (Å²) >= 11 is 0. The number of hydrogen-bond donors (Lipinski definition) is 0. The number of piperazine rings is 1. The monoisotopic (exact) mass is 534 g/mol. The van der Waals surface area contributed by atoms with Gasteiger partial charge < -0.3 is 9.47 Å². The molecule has 3 heterocycles. The number of para-hydroxylation sites is 1. The molecule has 0 aliphatic carbocycles. The quantitative estimate of drug-likeness (QED) is 0.287. The van der Waals surface area contributed by atoms with E-state index in [9.17, 15) is 18.0 Å². The Morgan fingerprint density at radius 3 is 2.31 bits per heavy atom. The molecule has 0 saturated carbocycles. The molecule has 1 aliphatic rings. The van der Waals surface area contributed by atoms with Crippen molar-refractivity contribution in [1.29, 1.82) is 0 Å². The molecule has 10 heteroatoms. The first-order valence-corrected chi connectivity index (χ1v) is 12.3. The Morgan fingerprint density at radius 2 is 1.64 bits per heavy atom. The third-order valence-corrected chi connectivity index (χ3v) is 6.31. The van der Waals surface area contributed by atoms with E-state index in [-0.39, 0.29) is 11.9 Å². The van der Waals surface area contributed by atoms with Crippen molar-refractivity contribution in [2.75, 3.05) is 19.6 Å². The molecule has 0 N–H and O–H groups in total. The van der Waals surface area contributed by atoms with E-state index in [4.69, 9.17) is 9.47 Å². The van der Waals surface area contributed by atoms with Crippen molar-refractivity contribution in [2.45, 2.75) is 18.8 Å². The highest BCUT2D eigenvalue weighted by atomic mass is 19.4. The van der Waals surface area contributed by atoms with Gasteiger partial charge >= 0.3 is 12.3 Å². The van der Waals surface area contributed by atoms with Crippen LogP contribution in [0.1, 0.15) is 22.9 Å². The zero-order valence-electron chi connectivity index (χ0n) is 20.8. The van der Waals surface area contributed by atoms with Gasteiger partial charge in [-0.2, -0.15) is 13.2 Å². The van der Waals surface area contributed by atoms with E-state index in [1.807, 2.05) is 36.4 Å². The molecule has 0 radical (unpaired) electrons. The highest BCUT2D eigenvalue weighted by Gasteiger charge is 2.33. The van der Waals surface area contributed by atoms with Crippen molar-refractivity contribution in [1.82, 2.24) is 19.8 Å². The van der Waals surface area contributed by atoms with Crippen molar-refractivity contribution in [3.8, 4) is 17.4 Å². The fraction of sp³-hybridized carbons (Fsp3) is 0.207. The van der Waals surface area contributed by atoms with Gasteiger partial charge in [0.15, 0.2) is 0 Å². The topological polar surface area (TPSA) is 67.8 Å². The van der Waals surface area contributed by atoms with Crippen LogP contribution < -0.4 is 9.47 Å². The molecule has 1 atom stereocenters. The van der Waals surface area contributed by atoms with Gasteiger partial charge in [0.2, 0.25) is 5.88 Å². The van der Waals surface area contributed by atoms with Crippen LogP contribution in [0.2, 0.25) is 0 Å². The summed E-state index contributed by atoms with van der Waals surface area (Å²) in [6, 6.07) is 23.5. The Morgan fingerprint density at radius 1 is 0.872 bits per heavy atom. The van der Waals surface area contributed by atoms with E-state index in [2.05, 4.69) is 14.9 Å². The lowest BCUT2D eigenvalue weighted by Gasteiger charge is -2.40. The van der Waals surface area contributed by atoms with E-state index in [1.54, 1.807) is 47.5 Å². The second-order valence-electron chi connectivity index (χ2n) is 9.00. The van der Waals surface area contributed by atoms with Crippen LogP contribution in [0.3, 0.4) is 0 Å². The first-order valence-electron chi connectivity index (χ1n) is 12.3. The summed E-state index contributed by atoms with van der Waals surface area (Å²) in [7, 11) is 0. The van der Waals surface area contributed by atoms with E-state index < -0.39 is 17.8 Å².